The molecule has 0 amide bonds. The van der Waals surface area contributed by atoms with Gasteiger partial charge in [0.15, 0.2) is 9.84 Å². The van der Waals surface area contributed by atoms with E-state index in [1.54, 1.807) is 6.92 Å². The second-order valence-electron chi connectivity index (χ2n) is 6.02. The third-order valence-electron chi connectivity index (χ3n) is 4.69. The molecule has 3 atom stereocenters. The first-order valence-corrected chi connectivity index (χ1v) is 8.80. The van der Waals surface area contributed by atoms with Gasteiger partial charge in [-0.15, -0.1) is 0 Å². The lowest BCUT2D eigenvalue weighted by molar-refractivity contribution is -0.112. The summed E-state index contributed by atoms with van der Waals surface area (Å²) in [4.78, 5) is 0. The van der Waals surface area contributed by atoms with E-state index in [0.717, 1.165) is 25.7 Å². The van der Waals surface area contributed by atoms with E-state index in [0.29, 0.717) is 6.61 Å². The van der Waals surface area contributed by atoms with Crippen LogP contribution in [0.1, 0.15) is 45.4 Å². The summed E-state index contributed by atoms with van der Waals surface area (Å²) in [5.74, 6) is 0.0570. The molecule has 0 radical (unpaired) electrons. The van der Waals surface area contributed by atoms with Crippen LogP contribution in [-0.2, 0) is 14.6 Å². The Morgan fingerprint density at radius 2 is 1.94 bits per heavy atom. The quantitative estimate of drug-likeness (QED) is 0.849. The number of aliphatic hydroxyl groups excluding tert-OH is 1. The maximum Gasteiger partial charge on any atom is 0.152 e. The second kappa shape index (κ2) is 5.10. The minimum Gasteiger partial charge on any atom is -0.391 e. The summed E-state index contributed by atoms with van der Waals surface area (Å²) in [5.41, 5.74) is -0.0683. The zero-order chi connectivity index (χ0) is 13.4. The molecule has 4 nitrogen and oxygen atoms in total. The van der Waals surface area contributed by atoms with Gasteiger partial charge in [-0.3, -0.25) is 0 Å². The molecule has 2 rings (SSSR count). The molecule has 0 aromatic heterocycles. The van der Waals surface area contributed by atoms with Crippen molar-refractivity contribution < 1.29 is 18.3 Å². The number of aliphatic hydroxyl groups is 1. The predicted octanol–water partition coefficient (Wildman–Crippen LogP) is 1.52. The van der Waals surface area contributed by atoms with Crippen molar-refractivity contribution in [3.63, 3.8) is 0 Å². The van der Waals surface area contributed by atoms with Crippen LogP contribution in [0.15, 0.2) is 0 Å². The lowest BCUT2D eigenvalue weighted by atomic mass is 9.81. The molecule has 0 aromatic carbocycles. The number of hydrogen-bond donors (Lipinski definition) is 1. The highest BCUT2D eigenvalue weighted by Crippen LogP contribution is 2.43. The zero-order valence-electron chi connectivity index (χ0n) is 11.3. The number of hydrogen-bond acceptors (Lipinski definition) is 4. The van der Waals surface area contributed by atoms with E-state index in [1.807, 2.05) is 0 Å². The van der Waals surface area contributed by atoms with Crippen molar-refractivity contribution in [3.8, 4) is 0 Å². The minimum atomic E-state index is -3.18. The molecule has 0 bridgehead atoms. The fraction of sp³-hybridized carbons (Fsp3) is 1.00. The van der Waals surface area contributed by atoms with Crippen LogP contribution in [0.2, 0.25) is 0 Å². The van der Waals surface area contributed by atoms with Crippen LogP contribution >= 0.6 is 0 Å². The summed E-state index contributed by atoms with van der Waals surface area (Å²) in [7, 11) is -3.18. The van der Waals surface area contributed by atoms with Crippen molar-refractivity contribution in [1.82, 2.24) is 0 Å². The van der Waals surface area contributed by atoms with E-state index in [9.17, 15) is 13.5 Å². The third kappa shape index (κ3) is 2.89. The molecular formula is C13H24O4S. The van der Waals surface area contributed by atoms with Crippen molar-refractivity contribution in [2.24, 2.45) is 5.92 Å². The Labute approximate surface area is 110 Å². The van der Waals surface area contributed by atoms with Gasteiger partial charge in [-0.25, -0.2) is 8.42 Å². The Bertz CT molecular complexity index is 384. The van der Waals surface area contributed by atoms with Crippen LogP contribution in [0.4, 0.5) is 0 Å². The van der Waals surface area contributed by atoms with E-state index in [-0.39, 0.29) is 11.5 Å². The van der Waals surface area contributed by atoms with Crippen LogP contribution in [-0.4, -0.2) is 43.3 Å². The average molecular weight is 276 g/mol. The molecular weight excluding hydrogens is 252 g/mol. The number of rotatable bonds is 3. The largest absolute Gasteiger partial charge is 0.391 e. The topological polar surface area (TPSA) is 63.6 Å². The normalized spacial score (nSPS) is 31.4. The monoisotopic (exact) mass is 276 g/mol. The summed E-state index contributed by atoms with van der Waals surface area (Å²) >= 11 is 0. The molecule has 1 saturated heterocycles. The first kappa shape index (κ1) is 14.3. The van der Waals surface area contributed by atoms with Gasteiger partial charge in [0.05, 0.1) is 17.0 Å². The van der Waals surface area contributed by atoms with Crippen LogP contribution in [0, 0.1) is 5.92 Å². The molecule has 1 saturated carbocycles. The molecule has 1 N–H and O–H groups in total. The number of ether oxygens (including phenoxy) is 1. The molecule has 0 aromatic rings. The average Bonchev–Trinajstić information content (AvgIpc) is 2.74. The van der Waals surface area contributed by atoms with Gasteiger partial charge in [-0.2, -0.15) is 0 Å². The van der Waals surface area contributed by atoms with Gasteiger partial charge in [-0.1, -0.05) is 12.8 Å². The predicted molar refractivity (Wildman–Crippen MR) is 70.2 cm³/mol. The van der Waals surface area contributed by atoms with Crippen molar-refractivity contribution in [2.75, 3.05) is 12.9 Å². The van der Waals surface area contributed by atoms with Gasteiger partial charge < -0.3 is 9.84 Å². The standard InChI is InChI=1S/C13H24O4S/c1-10(18(2,15)16)12(14)11-5-8-17-13(9-11)6-3-4-7-13/h10-12,14H,3-9H2,1-2H3. The van der Waals surface area contributed by atoms with Gasteiger partial charge in [0.25, 0.3) is 0 Å². The van der Waals surface area contributed by atoms with Crippen LogP contribution in [0.3, 0.4) is 0 Å². The molecule has 18 heavy (non-hydrogen) atoms. The maximum absolute atomic E-state index is 11.5. The highest BCUT2D eigenvalue weighted by molar-refractivity contribution is 7.91. The Balaban J connectivity index is 2.04. The minimum absolute atomic E-state index is 0.0570. The summed E-state index contributed by atoms with van der Waals surface area (Å²) < 4.78 is 29.0. The fourth-order valence-corrected chi connectivity index (χ4v) is 4.09. The maximum atomic E-state index is 11.5. The summed E-state index contributed by atoms with van der Waals surface area (Å²) in [6, 6.07) is 0. The molecule has 2 aliphatic rings. The molecule has 5 heteroatoms. The lowest BCUT2D eigenvalue weighted by Gasteiger charge is -2.41. The summed E-state index contributed by atoms with van der Waals surface area (Å²) in [6.45, 7) is 2.26. The Morgan fingerprint density at radius 1 is 1.33 bits per heavy atom. The van der Waals surface area contributed by atoms with Crippen LogP contribution in [0.5, 0.6) is 0 Å². The lowest BCUT2D eigenvalue weighted by Crippen LogP contribution is -2.45. The molecule has 1 heterocycles. The Hall–Kier alpha value is -0.130. The van der Waals surface area contributed by atoms with E-state index in [4.69, 9.17) is 4.74 Å². The number of sulfone groups is 1. The second-order valence-corrected chi connectivity index (χ2v) is 8.42. The van der Waals surface area contributed by atoms with E-state index in [1.165, 1.54) is 19.1 Å². The Kier molecular flexibility index (Phi) is 4.04. The van der Waals surface area contributed by atoms with E-state index >= 15 is 0 Å². The Morgan fingerprint density at radius 3 is 2.50 bits per heavy atom. The smallest absolute Gasteiger partial charge is 0.152 e. The van der Waals surface area contributed by atoms with Gasteiger partial charge in [0, 0.05) is 12.9 Å². The zero-order valence-corrected chi connectivity index (χ0v) is 12.1. The van der Waals surface area contributed by atoms with Gasteiger partial charge in [0.1, 0.15) is 0 Å². The van der Waals surface area contributed by atoms with Crippen molar-refractivity contribution in [1.29, 1.82) is 0 Å². The molecule has 1 spiro atoms. The van der Waals surface area contributed by atoms with Crippen LogP contribution in [0.25, 0.3) is 0 Å². The van der Waals surface area contributed by atoms with Crippen molar-refractivity contribution >= 4 is 9.84 Å². The van der Waals surface area contributed by atoms with E-state index in [2.05, 4.69) is 0 Å². The van der Waals surface area contributed by atoms with Crippen LogP contribution < -0.4 is 0 Å². The molecule has 1 aliphatic carbocycles. The summed E-state index contributed by atoms with van der Waals surface area (Å²) in [5, 5.41) is 9.61. The van der Waals surface area contributed by atoms with Gasteiger partial charge >= 0.3 is 0 Å². The molecule has 3 unspecified atom stereocenters. The van der Waals surface area contributed by atoms with Gasteiger partial charge in [-0.05, 0) is 38.5 Å². The molecule has 1 aliphatic heterocycles. The van der Waals surface area contributed by atoms with E-state index < -0.39 is 21.2 Å². The SMILES string of the molecule is CC(C(O)C1CCOC2(CCCC2)C1)S(C)(=O)=O. The first-order chi connectivity index (χ1) is 8.34. The van der Waals surface area contributed by atoms with Crippen molar-refractivity contribution in [2.45, 2.75) is 62.4 Å². The van der Waals surface area contributed by atoms with Crippen molar-refractivity contribution in [3.05, 3.63) is 0 Å². The highest BCUT2D eigenvalue weighted by atomic mass is 32.2. The highest BCUT2D eigenvalue weighted by Gasteiger charge is 2.43. The summed E-state index contributed by atoms with van der Waals surface area (Å²) in [6.07, 6.45) is 6.51. The van der Waals surface area contributed by atoms with Gasteiger partial charge in [0.2, 0.25) is 0 Å². The molecule has 2 fully saturated rings. The molecule has 106 valence electrons. The third-order valence-corrected chi connectivity index (χ3v) is 6.31. The first-order valence-electron chi connectivity index (χ1n) is 6.85. The fourth-order valence-electron chi connectivity index (χ4n) is 3.36.